The molecule has 1 atom stereocenters. The van der Waals surface area contributed by atoms with Gasteiger partial charge in [0.15, 0.2) is 6.10 Å². The molecule has 0 saturated carbocycles. The van der Waals surface area contributed by atoms with Crippen LogP contribution in [0, 0.1) is 0 Å². The van der Waals surface area contributed by atoms with Crippen molar-refractivity contribution in [3.63, 3.8) is 0 Å². The van der Waals surface area contributed by atoms with Crippen molar-refractivity contribution in [3.05, 3.63) is 0 Å². The predicted octanol–water partition coefficient (Wildman–Crippen LogP) is 25.4. The lowest BCUT2D eigenvalue weighted by atomic mass is 10.0. The Bertz CT molecular complexity index is 1200. The average molecular weight is 1130 g/mol. The summed E-state index contributed by atoms with van der Waals surface area (Å²) in [5.41, 5.74) is 0. The van der Waals surface area contributed by atoms with E-state index in [9.17, 15) is 14.4 Å². The van der Waals surface area contributed by atoms with Gasteiger partial charge in [0.1, 0.15) is 13.2 Å². The first kappa shape index (κ1) is 78.4. The first-order valence-corrected chi connectivity index (χ1v) is 37.0. The van der Waals surface area contributed by atoms with E-state index in [2.05, 4.69) is 20.8 Å². The van der Waals surface area contributed by atoms with E-state index < -0.39 is 6.10 Å². The van der Waals surface area contributed by atoms with E-state index in [1.807, 2.05) is 0 Å². The van der Waals surface area contributed by atoms with Crippen LogP contribution in [0.5, 0.6) is 0 Å². The second-order valence-corrected chi connectivity index (χ2v) is 25.6. The second-order valence-electron chi connectivity index (χ2n) is 25.6. The second kappa shape index (κ2) is 69.9. The number of carbonyl (C=O) groups excluding carboxylic acids is 3. The number of unbranched alkanes of at least 4 members (excludes halogenated alkanes) is 59. The molecule has 0 radical (unpaired) electrons. The van der Waals surface area contributed by atoms with E-state index in [0.29, 0.717) is 19.3 Å². The molecule has 0 fully saturated rings. The van der Waals surface area contributed by atoms with Gasteiger partial charge in [-0.2, -0.15) is 0 Å². The Balaban J connectivity index is 3.98. The summed E-state index contributed by atoms with van der Waals surface area (Å²) in [4.78, 5) is 38.3. The van der Waals surface area contributed by atoms with Crippen LogP contribution in [0.2, 0.25) is 0 Å². The summed E-state index contributed by atoms with van der Waals surface area (Å²) in [6.45, 7) is 6.72. The van der Waals surface area contributed by atoms with Crippen LogP contribution in [0.25, 0.3) is 0 Å². The van der Waals surface area contributed by atoms with Gasteiger partial charge in [-0.25, -0.2) is 0 Å². The fourth-order valence-electron chi connectivity index (χ4n) is 11.8. The maximum absolute atomic E-state index is 12.9. The van der Waals surface area contributed by atoms with Gasteiger partial charge in [-0.1, -0.05) is 400 Å². The number of ether oxygens (including phenoxy) is 3. The fraction of sp³-hybridized carbons (Fsp3) is 0.959. The van der Waals surface area contributed by atoms with Crippen LogP contribution in [0.3, 0.4) is 0 Å². The molecule has 1 unspecified atom stereocenters. The molecule has 6 heteroatoms. The largest absolute Gasteiger partial charge is 0.462 e. The first-order chi connectivity index (χ1) is 39.5. The molecule has 0 amide bonds. The highest BCUT2D eigenvalue weighted by molar-refractivity contribution is 5.71. The molecule has 0 rings (SSSR count). The Kier molecular flexibility index (Phi) is 68.5. The molecule has 0 aliphatic heterocycles. The molecule has 0 N–H and O–H groups in total. The van der Waals surface area contributed by atoms with Crippen LogP contribution in [-0.2, 0) is 28.6 Å². The van der Waals surface area contributed by atoms with Gasteiger partial charge in [-0.05, 0) is 19.3 Å². The van der Waals surface area contributed by atoms with E-state index in [4.69, 9.17) is 14.2 Å². The maximum Gasteiger partial charge on any atom is 0.306 e. The normalized spacial score (nSPS) is 11.9. The highest BCUT2D eigenvalue weighted by Crippen LogP contribution is 2.20. The Hall–Kier alpha value is -1.59. The number of carbonyl (C=O) groups is 3. The van der Waals surface area contributed by atoms with Crippen LogP contribution in [0.15, 0.2) is 0 Å². The lowest BCUT2D eigenvalue weighted by molar-refractivity contribution is -0.167. The van der Waals surface area contributed by atoms with Gasteiger partial charge in [-0.3, -0.25) is 14.4 Å². The third kappa shape index (κ3) is 67.2. The van der Waals surface area contributed by atoms with E-state index in [1.54, 1.807) is 0 Å². The molecule has 0 aromatic carbocycles. The van der Waals surface area contributed by atoms with Crippen molar-refractivity contribution in [2.45, 2.75) is 444 Å². The molecule has 0 aromatic heterocycles. The number of rotatable bonds is 70. The topological polar surface area (TPSA) is 78.9 Å². The molecular weight excluding hydrogens is 985 g/mol. The van der Waals surface area contributed by atoms with Crippen LogP contribution in [0.1, 0.15) is 438 Å². The van der Waals surface area contributed by atoms with Gasteiger partial charge in [-0.15, -0.1) is 0 Å². The molecule has 0 spiro atoms. The molecule has 80 heavy (non-hydrogen) atoms. The minimum absolute atomic E-state index is 0.0606. The molecule has 476 valence electrons. The zero-order valence-electron chi connectivity index (χ0n) is 54.9. The van der Waals surface area contributed by atoms with E-state index in [1.165, 1.54) is 340 Å². The Labute approximate surface area is 501 Å². The average Bonchev–Trinajstić information content (AvgIpc) is 3.46. The Morgan fingerprint density at radius 1 is 0.200 bits per heavy atom. The number of esters is 3. The summed E-state index contributed by atoms with van der Waals surface area (Å²) in [6, 6.07) is 0. The number of hydrogen-bond acceptors (Lipinski definition) is 6. The standard InChI is InChI=1S/C74H144O6/c1-4-7-10-13-16-19-22-24-26-28-30-31-32-33-34-35-36-37-38-39-40-41-42-43-44-45-47-48-50-52-55-58-61-64-67-73(76)79-70-71(69-78-72(75)66-63-60-57-54-21-18-15-12-9-6-3)80-74(77)68-65-62-59-56-53-51-49-46-29-27-25-23-20-17-14-11-8-5-2/h71H,4-70H2,1-3H3. The molecule has 0 aliphatic rings. The molecular formula is C74H144O6. The molecule has 0 bridgehead atoms. The van der Waals surface area contributed by atoms with Gasteiger partial charge in [0.25, 0.3) is 0 Å². The highest BCUT2D eigenvalue weighted by atomic mass is 16.6. The first-order valence-electron chi connectivity index (χ1n) is 37.0. The van der Waals surface area contributed by atoms with Crippen molar-refractivity contribution in [1.82, 2.24) is 0 Å². The molecule has 0 saturated heterocycles. The zero-order valence-corrected chi connectivity index (χ0v) is 54.9. The van der Waals surface area contributed by atoms with Crippen LogP contribution < -0.4 is 0 Å². The predicted molar refractivity (Wildman–Crippen MR) is 349 cm³/mol. The van der Waals surface area contributed by atoms with Crippen molar-refractivity contribution >= 4 is 17.9 Å². The Morgan fingerprint density at radius 2 is 0.338 bits per heavy atom. The van der Waals surface area contributed by atoms with Crippen molar-refractivity contribution in [2.24, 2.45) is 0 Å². The third-order valence-corrected chi connectivity index (χ3v) is 17.4. The minimum Gasteiger partial charge on any atom is -0.462 e. The quantitative estimate of drug-likeness (QED) is 0.0343. The zero-order chi connectivity index (χ0) is 57.8. The molecule has 0 aromatic rings. The lowest BCUT2D eigenvalue weighted by Gasteiger charge is -2.18. The number of hydrogen-bond donors (Lipinski definition) is 0. The van der Waals surface area contributed by atoms with E-state index >= 15 is 0 Å². The third-order valence-electron chi connectivity index (χ3n) is 17.4. The van der Waals surface area contributed by atoms with Crippen LogP contribution in [-0.4, -0.2) is 37.2 Å². The van der Waals surface area contributed by atoms with Crippen molar-refractivity contribution in [1.29, 1.82) is 0 Å². The lowest BCUT2D eigenvalue weighted by Crippen LogP contribution is -2.30. The van der Waals surface area contributed by atoms with Crippen molar-refractivity contribution in [3.8, 4) is 0 Å². The van der Waals surface area contributed by atoms with Crippen LogP contribution in [0.4, 0.5) is 0 Å². The molecule has 6 nitrogen and oxygen atoms in total. The van der Waals surface area contributed by atoms with E-state index in [-0.39, 0.29) is 31.1 Å². The molecule has 0 aliphatic carbocycles. The van der Waals surface area contributed by atoms with Gasteiger partial charge >= 0.3 is 17.9 Å². The van der Waals surface area contributed by atoms with Gasteiger partial charge < -0.3 is 14.2 Å². The summed E-state index contributed by atoms with van der Waals surface area (Å²) < 4.78 is 17.0. The maximum atomic E-state index is 12.9. The van der Waals surface area contributed by atoms with Gasteiger partial charge in [0, 0.05) is 19.3 Å². The van der Waals surface area contributed by atoms with Crippen molar-refractivity contribution in [2.75, 3.05) is 13.2 Å². The summed E-state index contributed by atoms with van der Waals surface area (Å²) in [5.74, 6) is -0.825. The van der Waals surface area contributed by atoms with Gasteiger partial charge in [0.05, 0.1) is 0 Å². The van der Waals surface area contributed by atoms with Crippen LogP contribution >= 0.6 is 0 Å². The smallest absolute Gasteiger partial charge is 0.306 e. The monoisotopic (exact) mass is 1130 g/mol. The van der Waals surface area contributed by atoms with Crippen molar-refractivity contribution < 1.29 is 28.6 Å². The molecule has 0 heterocycles. The van der Waals surface area contributed by atoms with E-state index in [0.717, 1.165) is 57.8 Å². The Morgan fingerprint density at radius 3 is 0.500 bits per heavy atom. The SMILES string of the molecule is CCCCCCCCCCCCCCCCCCCCCCCCCCCCCCCCCCCCC(=O)OCC(COC(=O)CCCCCCCCCCCC)OC(=O)CCCCCCCCCCCCCCCCCCCC. The highest BCUT2D eigenvalue weighted by Gasteiger charge is 2.20. The summed E-state index contributed by atoms with van der Waals surface area (Å²) in [7, 11) is 0. The summed E-state index contributed by atoms with van der Waals surface area (Å²) in [5, 5.41) is 0. The summed E-state index contributed by atoms with van der Waals surface area (Å²) >= 11 is 0. The summed E-state index contributed by atoms with van der Waals surface area (Å²) in [6.07, 6.45) is 83.2. The fourth-order valence-corrected chi connectivity index (χ4v) is 11.8. The van der Waals surface area contributed by atoms with Gasteiger partial charge in [0.2, 0.25) is 0 Å². The minimum atomic E-state index is -0.762.